The molecule has 1 aliphatic heterocycles. The minimum absolute atomic E-state index is 0. The van der Waals surface area contributed by atoms with Crippen molar-refractivity contribution in [2.75, 3.05) is 26.8 Å². The maximum atomic E-state index is 11.9. The van der Waals surface area contributed by atoms with Crippen LogP contribution < -0.4 is 10.6 Å². The van der Waals surface area contributed by atoms with Crippen molar-refractivity contribution >= 4 is 18.3 Å². The molecule has 1 heterocycles. The molecule has 1 atom stereocenters. The number of carbonyl (C=O) groups is 1. The predicted molar refractivity (Wildman–Crippen MR) is 66.9 cm³/mol. The monoisotopic (exact) mass is 250 g/mol. The zero-order chi connectivity index (χ0) is 11.5. The highest BCUT2D eigenvalue weighted by molar-refractivity contribution is 5.85. The predicted octanol–water partition coefficient (Wildman–Crippen LogP) is 0.805. The molecule has 0 aromatic carbocycles. The SMILES string of the molecule is COCC(C)(C)NC(=O)C(C)C1CNC1.Cl. The molecule has 4 nitrogen and oxygen atoms in total. The van der Waals surface area contributed by atoms with Crippen LogP contribution in [-0.2, 0) is 9.53 Å². The lowest BCUT2D eigenvalue weighted by molar-refractivity contribution is -0.129. The molecule has 1 saturated heterocycles. The van der Waals surface area contributed by atoms with Crippen molar-refractivity contribution in [3.63, 3.8) is 0 Å². The first-order chi connectivity index (χ1) is 6.96. The second-order valence-corrected chi connectivity index (χ2v) is 5.01. The van der Waals surface area contributed by atoms with E-state index in [9.17, 15) is 4.79 Å². The number of ether oxygens (including phenoxy) is 1. The van der Waals surface area contributed by atoms with Gasteiger partial charge in [-0.25, -0.2) is 0 Å². The molecular weight excluding hydrogens is 228 g/mol. The van der Waals surface area contributed by atoms with Crippen LogP contribution in [-0.4, -0.2) is 38.3 Å². The summed E-state index contributed by atoms with van der Waals surface area (Å²) in [6, 6.07) is 0. The van der Waals surface area contributed by atoms with Gasteiger partial charge >= 0.3 is 0 Å². The van der Waals surface area contributed by atoms with E-state index >= 15 is 0 Å². The van der Waals surface area contributed by atoms with Crippen LogP contribution in [0.1, 0.15) is 20.8 Å². The van der Waals surface area contributed by atoms with Gasteiger partial charge in [0.25, 0.3) is 0 Å². The highest BCUT2D eigenvalue weighted by Gasteiger charge is 2.31. The molecule has 1 fully saturated rings. The van der Waals surface area contributed by atoms with Gasteiger partial charge in [0.05, 0.1) is 12.1 Å². The van der Waals surface area contributed by atoms with Crippen molar-refractivity contribution < 1.29 is 9.53 Å². The van der Waals surface area contributed by atoms with Crippen molar-refractivity contribution in [1.29, 1.82) is 0 Å². The van der Waals surface area contributed by atoms with E-state index in [1.165, 1.54) is 0 Å². The Balaban J connectivity index is 0.00000225. The van der Waals surface area contributed by atoms with E-state index in [-0.39, 0.29) is 29.8 Å². The van der Waals surface area contributed by atoms with Crippen LogP contribution in [0, 0.1) is 11.8 Å². The molecule has 1 rings (SSSR count). The van der Waals surface area contributed by atoms with Gasteiger partial charge in [0, 0.05) is 13.0 Å². The first kappa shape index (κ1) is 15.7. The molecule has 1 amide bonds. The van der Waals surface area contributed by atoms with Crippen molar-refractivity contribution in [3.8, 4) is 0 Å². The molecule has 1 unspecified atom stereocenters. The molecule has 96 valence electrons. The topological polar surface area (TPSA) is 50.4 Å². The largest absolute Gasteiger partial charge is 0.382 e. The van der Waals surface area contributed by atoms with E-state index in [0.29, 0.717) is 12.5 Å². The van der Waals surface area contributed by atoms with Gasteiger partial charge in [-0.2, -0.15) is 0 Å². The summed E-state index contributed by atoms with van der Waals surface area (Å²) in [4.78, 5) is 11.9. The summed E-state index contributed by atoms with van der Waals surface area (Å²) in [5.74, 6) is 0.703. The number of halogens is 1. The van der Waals surface area contributed by atoms with Crippen LogP contribution >= 0.6 is 12.4 Å². The van der Waals surface area contributed by atoms with E-state index in [4.69, 9.17) is 4.74 Å². The number of rotatable bonds is 5. The van der Waals surface area contributed by atoms with E-state index < -0.39 is 0 Å². The zero-order valence-corrected chi connectivity index (χ0v) is 11.3. The van der Waals surface area contributed by atoms with Crippen LogP contribution in [0.25, 0.3) is 0 Å². The molecular formula is C11H23ClN2O2. The van der Waals surface area contributed by atoms with Gasteiger partial charge in [0.15, 0.2) is 0 Å². The Labute approximate surface area is 104 Å². The smallest absolute Gasteiger partial charge is 0.223 e. The van der Waals surface area contributed by atoms with Crippen LogP contribution in [0.5, 0.6) is 0 Å². The van der Waals surface area contributed by atoms with Gasteiger partial charge in [-0.3, -0.25) is 4.79 Å². The summed E-state index contributed by atoms with van der Waals surface area (Å²) in [6.07, 6.45) is 0. The van der Waals surface area contributed by atoms with Crippen LogP contribution in [0.15, 0.2) is 0 Å². The minimum Gasteiger partial charge on any atom is -0.382 e. The lowest BCUT2D eigenvalue weighted by atomic mass is 9.87. The average molecular weight is 251 g/mol. The van der Waals surface area contributed by atoms with Crippen LogP contribution in [0.4, 0.5) is 0 Å². The number of nitrogens with one attached hydrogen (secondary N) is 2. The Morgan fingerprint density at radius 3 is 2.50 bits per heavy atom. The van der Waals surface area contributed by atoms with Crippen molar-refractivity contribution in [2.24, 2.45) is 11.8 Å². The van der Waals surface area contributed by atoms with Gasteiger partial charge in [0.2, 0.25) is 5.91 Å². The van der Waals surface area contributed by atoms with E-state index in [1.807, 2.05) is 20.8 Å². The second kappa shape index (κ2) is 6.42. The van der Waals surface area contributed by atoms with Gasteiger partial charge in [-0.15, -0.1) is 12.4 Å². The third-order valence-electron chi connectivity index (χ3n) is 2.90. The molecule has 0 spiro atoms. The Hall–Kier alpha value is -0.320. The van der Waals surface area contributed by atoms with Crippen LogP contribution in [0.2, 0.25) is 0 Å². The first-order valence-electron chi connectivity index (χ1n) is 5.48. The van der Waals surface area contributed by atoms with E-state index in [1.54, 1.807) is 7.11 Å². The molecule has 2 N–H and O–H groups in total. The lowest BCUT2D eigenvalue weighted by Gasteiger charge is -2.34. The molecule has 5 heteroatoms. The highest BCUT2D eigenvalue weighted by atomic mass is 35.5. The Bertz CT molecular complexity index is 230. The molecule has 0 bridgehead atoms. The summed E-state index contributed by atoms with van der Waals surface area (Å²) < 4.78 is 5.06. The number of amides is 1. The number of hydrogen-bond acceptors (Lipinski definition) is 3. The summed E-state index contributed by atoms with van der Waals surface area (Å²) in [5.41, 5.74) is -0.280. The van der Waals surface area contributed by atoms with E-state index in [0.717, 1.165) is 13.1 Å². The van der Waals surface area contributed by atoms with Gasteiger partial charge in [-0.05, 0) is 32.9 Å². The van der Waals surface area contributed by atoms with Crippen molar-refractivity contribution in [1.82, 2.24) is 10.6 Å². The van der Waals surface area contributed by atoms with Crippen LogP contribution in [0.3, 0.4) is 0 Å². The molecule has 0 aliphatic carbocycles. The number of carbonyl (C=O) groups excluding carboxylic acids is 1. The van der Waals surface area contributed by atoms with Gasteiger partial charge in [0.1, 0.15) is 0 Å². The third-order valence-corrected chi connectivity index (χ3v) is 2.90. The Kier molecular flexibility index (Phi) is 6.30. The summed E-state index contributed by atoms with van der Waals surface area (Å²) in [5, 5.41) is 6.19. The molecule has 0 saturated carbocycles. The summed E-state index contributed by atoms with van der Waals surface area (Å²) in [6.45, 7) is 8.39. The quantitative estimate of drug-likeness (QED) is 0.759. The molecule has 0 aromatic heterocycles. The van der Waals surface area contributed by atoms with Gasteiger partial charge < -0.3 is 15.4 Å². The fourth-order valence-electron chi connectivity index (χ4n) is 1.72. The maximum absolute atomic E-state index is 11.9. The fourth-order valence-corrected chi connectivity index (χ4v) is 1.72. The summed E-state index contributed by atoms with van der Waals surface area (Å²) in [7, 11) is 1.65. The second-order valence-electron chi connectivity index (χ2n) is 5.01. The van der Waals surface area contributed by atoms with Gasteiger partial charge in [-0.1, -0.05) is 6.92 Å². The molecule has 0 radical (unpaired) electrons. The molecule has 0 aromatic rings. The molecule has 1 aliphatic rings. The number of hydrogen-bond donors (Lipinski definition) is 2. The Morgan fingerprint density at radius 2 is 2.12 bits per heavy atom. The number of methoxy groups -OCH3 is 1. The maximum Gasteiger partial charge on any atom is 0.223 e. The zero-order valence-electron chi connectivity index (χ0n) is 10.5. The standard InChI is InChI=1S/C11H22N2O2.ClH/c1-8(9-5-12-6-9)10(14)13-11(2,3)7-15-4;/h8-9,12H,5-7H2,1-4H3,(H,13,14);1H. The lowest BCUT2D eigenvalue weighted by Crippen LogP contribution is -2.54. The van der Waals surface area contributed by atoms with Crippen molar-refractivity contribution in [2.45, 2.75) is 26.3 Å². The first-order valence-corrected chi connectivity index (χ1v) is 5.48. The normalized spacial score (nSPS) is 18.2. The Morgan fingerprint density at radius 1 is 1.56 bits per heavy atom. The molecule has 16 heavy (non-hydrogen) atoms. The fraction of sp³-hybridized carbons (Fsp3) is 0.909. The minimum atomic E-state index is -0.280. The average Bonchev–Trinajstić information content (AvgIpc) is 1.99. The summed E-state index contributed by atoms with van der Waals surface area (Å²) >= 11 is 0. The third kappa shape index (κ3) is 4.28. The van der Waals surface area contributed by atoms with Crippen molar-refractivity contribution in [3.05, 3.63) is 0 Å². The van der Waals surface area contributed by atoms with E-state index in [2.05, 4.69) is 10.6 Å². The highest BCUT2D eigenvalue weighted by Crippen LogP contribution is 2.17.